The third-order valence-corrected chi connectivity index (χ3v) is 6.29. The molecule has 1 aliphatic rings. The number of halogens is 1. The highest BCUT2D eigenvalue weighted by molar-refractivity contribution is 8.00. The molecule has 0 aliphatic carbocycles. The van der Waals surface area contributed by atoms with Gasteiger partial charge in [0, 0.05) is 29.7 Å². The number of aliphatic hydroxyl groups excluding tert-OH is 1. The first-order chi connectivity index (χ1) is 9.36. The maximum absolute atomic E-state index is 13.7. The van der Waals surface area contributed by atoms with Crippen LogP contribution >= 0.6 is 11.8 Å². The third-order valence-electron chi connectivity index (χ3n) is 3.32. The summed E-state index contributed by atoms with van der Waals surface area (Å²) in [5, 5.41) is 9.38. The molecule has 7 heteroatoms. The summed E-state index contributed by atoms with van der Waals surface area (Å²) >= 11 is 1.74. The molecule has 1 aromatic rings. The topological polar surface area (TPSA) is 57.6 Å². The van der Waals surface area contributed by atoms with Crippen LogP contribution in [-0.4, -0.2) is 41.9 Å². The Labute approximate surface area is 123 Å². The molecular weight excluding hydrogens is 301 g/mol. The van der Waals surface area contributed by atoms with Crippen molar-refractivity contribution < 1.29 is 17.9 Å². The summed E-state index contributed by atoms with van der Waals surface area (Å²) in [4.78, 5) is 0.0551. The van der Waals surface area contributed by atoms with E-state index in [1.807, 2.05) is 6.92 Å². The quantitative estimate of drug-likeness (QED) is 0.922. The Bertz CT molecular complexity index is 604. The average Bonchev–Trinajstić information content (AvgIpc) is 2.41. The van der Waals surface area contributed by atoms with Gasteiger partial charge in [-0.15, -0.1) is 0 Å². The highest BCUT2D eigenvalue weighted by Gasteiger charge is 2.29. The molecule has 2 rings (SSSR count). The molecule has 112 valence electrons. The number of benzene rings is 1. The van der Waals surface area contributed by atoms with E-state index >= 15 is 0 Å². The van der Waals surface area contributed by atoms with Gasteiger partial charge in [0.25, 0.3) is 0 Å². The van der Waals surface area contributed by atoms with Crippen molar-refractivity contribution in [2.24, 2.45) is 0 Å². The summed E-state index contributed by atoms with van der Waals surface area (Å²) in [6, 6.07) is 2.56. The molecular formula is C13H18FNO3S2. The van der Waals surface area contributed by atoms with Crippen LogP contribution in [0.4, 0.5) is 4.39 Å². The number of thioether (sulfide) groups is 1. The van der Waals surface area contributed by atoms with Crippen molar-refractivity contribution >= 4 is 21.8 Å². The second-order valence-corrected chi connectivity index (χ2v) is 8.40. The molecule has 1 aliphatic heterocycles. The number of hydrogen-bond acceptors (Lipinski definition) is 4. The lowest BCUT2D eigenvalue weighted by molar-refractivity contribution is 0.275. The van der Waals surface area contributed by atoms with E-state index < -0.39 is 22.4 Å². The molecule has 1 N–H and O–H groups in total. The van der Waals surface area contributed by atoms with Gasteiger partial charge in [-0.05, 0) is 24.6 Å². The smallest absolute Gasteiger partial charge is 0.243 e. The Hall–Kier alpha value is -0.630. The molecule has 1 aromatic carbocycles. The molecule has 0 amide bonds. The molecule has 20 heavy (non-hydrogen) atoms. The van der Waals surface area contributed by atoms with Crippen molar-refractivity contribution in [2.45, 2.75) is 30.6 Å². The van der Waals surface area contributed by atoms with Crippen LogP contribution < -0.4 is 0 Å². The maximum atomic E-state index is 13.7. The first-order valence-corrected chi connectivity index (χ1v) is 8.86. The first kappa shape index (κ1) is 15.8. The summed E-state index contributed by atoms with van der Waals surface area (Å²) in [7, 11) is -3.62. The van der Waals surface area contributed by atoms with Crippen molar-refractivity contribution in [1.82, 2.24) is 4.31 Å². The first-order valence-electron chi connectivity index (χ1n) is 6.38. The minimum atomic E-state index is -3.62. The summed E-state index contributed by atoms with van der Waals surface area (Å²) < 4.78 is 40.3. The molecule has 0 bridgehead atoms. The Morgan fingerprint density at radius 1 is 1.50 bits per heavy atom. The molecule has 0 radical (unpaired) electrons. The Morgan fingerprint density at radius 2 is 2.20 bits per heavy atom. The Kier molecular flexibility index (Phi) is 4.73. The number of nitrogens with zero attached hydrogens (tertiary/aromatic N) is 1. The number of aliphatic hydroxyl groups is 1. The maximum Gasteiger partial charge on any atom is 0.243 e. The minimum Gasteiger partial charge on any atom is -0.392 e. The Balaban J connectivity index is 2.41. The lowest BCUT2D eigenvalue weighted by Crippen LogP contribution is -2.41. The van der Waals surface area contributed by atoms with Crippen LogP contribution in [-0.2, 0) is 16.6 Å². The van der Waals surface area contributed by atoms with Crippen molar-refractivity contribution in [1.29, 1.82) is 0 Å². The second-order valence-electron chi connectivity index (χ2n) is 4.92. The average molecular weight is 319 g/mol. The van der Waals surface area contributed by atoms with E-state index in [1.165, 1.54) is 23.4 Å². The Morgan fingerprint density at radius 3 is 2.80 bits per heavy atom. The van der Waals surface area contributed by atoms with E-state index in [4.69, 9.17) is 5.11 Å². The molecule has 0 spiro atoms. The van der Waals surface area contributed by atoms with Gasteiger partial charge >= 0.3 is 0 Å². The van der Waals surface area contributed by atoms with Gasteiger partial charge in [-0.3, -0.25) is 0 Å². The van der Waals surface area contributed by atoms with Gasteiger partial charge < -0.3 is 5.11 Å². The van der Waals surface area contributed by atoms with E-state index in [2.05, 4.69) is 0 Å². The van der Waals surface area contributed by atoms with Crippen LogP contribution in [0.3, 0.4) is 0 Å². The van der Waals surface area contributed by atoms with Crippen LogP contribution in [0.15, 0.2) is 17.0 Å². The van der Waals surface area contributed by atoms with Crippen molar-refractivity contribution in [3.05, 3.63) is 29.1 Å². The van der Waals surface area contributed by atoms with E-state index in [1.54, 1.807) is 11.8 Å². The van der Waals surface area contributed by atoms with Crippen LogP contribution in [0.2, 0.25) is 0 Å². The normalized spacial score (nSPS) is 21.1. The third kappa shape index (κ3) is 3.00. The van der Waals surface area contributed by atoms with E-state index in [0.717, 1.165) is 5.75 Å². The molecule has 1 unspecified atom stereocenters. The van der Waals surface area contributed by atoms with E-state index in [0.29, 0.717) is 13.1 Å². The number of aryl methyl sites for hydroxylation is 1. The standard InChI is InChI=1S/C13H18FNO3S2/c1-9-5-12(6-11(8-16)13(9)14)20(17,18)15-3-4-19-10(2)7-15/h5-6,10,16H,3-4,7-8H2,1-2H3. The fraction of sp³-hybridized carbons (Fsp3) is 0.538. The number of rotatable bonds is 3. The lowest BCUT2D eigenvalue weighted by atomic mass is 10.1. The van der Waals surface area contributed by atoms with Gasteiger partial charge in [-0.25, -0.2) is 12.8 Å². The SMILES string of the molecule is Cc1cc(S(=O)(=O)N2CCSC(C)C2)cc(CO)c1F. The summed E-state index contributed by atoms with van der Waals surface area (Å²) in [5.41, 5.74) is 0.248. The highest BCUT2D eigenvalue weighted by Crippen LogP contribution is 2.26. The zero-order valence-corrected chi connectivity index (χ0v) is 13.1. The van der Waals surface area contributed by atoms with Crippen molar-refractivity contribution in [3.8, 4) is 0 Å². The molecule has 4 nitrogen and oxygen atoms in total. The van der Waals surface area contributed by atoms with Gasteiger partial charge in [0.1, 0.15) is 5.82 Å². The molecule has 1 saturated heterocycles. The van der Waals surface area contributed by atoms with Crippen molar-refractivity contribution in [2.75, 3.05) is 18.8 Å². The minimum absolute atomic E-state index is 0.0167. The summed E-state index contributed by atoms with van der Waals surface area (Å²) in [6.07, 6.45) is 0. The highest BCUT2D eigenvalue weighted by atomic mass is 32.2. The zero-order chi connectivity index (χ0) is 14.9. The van der Waals surface area contributed by atoms with Gasteiger partial charge in [0.05, 0.1) is 11.5 Å². The second kappa shape index (κ2) is 6.01. The summed E-state index contributed by atoms with van der Waals surface area (Å²) in [5.74, 6) is 0.210. The van der Waals surface area contributed by atoms with E-state index in [9.17, 15) is 12.8 Å². The van der Waals surface area contributed by atoms with Crippen LogP contribution in [0.1, 0.15) is 18.1 Å². The fourth-order valence-electron chi connectivity index (χ4n) is 2.22. The molecule has 1 atom stereocenters. The van der Waals surface area contributed by atoms with Crippen LogP contribution in [0.5, 0.6) is 0 Å². The zero-order valence-electron chi connectivity index (χ0n) is 11.5. The predicted octanol–water partition coefficient (Wildman–Crippen LogP) is 1.75. The fourth-order valence-corrected chi connectivity index (χ4v) is 5.11. The molecule has 1 fully saturated rings. The number of hydrogen-bond donors (Lipinski definition) is 1. The van der Waals surface area contributed by atoms with Gasteiger partial charge in [0.15, 0.2) is 0 Å². The predicted molar refractivity (Wildman–Crippen MR) is 77.7 cm³/mol. The van der Waals surface area contributed by atoms with Gasteiger partial charge in [-0.1, -0.05) is 6.92 Å². The molecule has 0 saturated carbocycles. The van der Waals surface area contributed by atoms with Gasteiger partial charge in [0.2, 0.25) is 10.0 Å². The largest absolute Gasteiger partial charge is 0.392 e. The van der Waals surface area contributed by atoms with Crippen molar-refractivity contribution in [3.63, 3.8) is 0 Å². The summed E-state index contributed by atoms with van der Waals surface area (Å²) in [6.45, 7) is 3.89. The lowest BCUT2D eigenvalue weighted by Gasteiger charge is -2.29. The van der Waals surface area contributed by atoms with E-state index in [-0.39, 0.29) is 21.3 Å². The van der Waals surface area contributed by atoms with Crippen LogP contribution in [0, 0.1) is 12.7 Å². The van der Waals surface area contributed by atoms with Gasteiger partial charge in [-0.2, -0.15) is 16.1 Å². The van der Waals surface area contributed by atoms with Crippen LogP contribution in [0.25, 0.3) is 0 Å². The molecule has 1 heterocycles. The monoisotopic (exact) mass is 319 g/mol. The molecule has 0 aromatic heterocycles. The number of sulfonamides is 1.